The molecule has 1 fully saturated rings. The minimum absolute atomic E-state index is 0.0387. The van der Waals surface area contributed by atoms with E-state index in [1.165, 1.54) is 0 Å². The Hall–Kier alpha value is -3.22. The Labute approximate surface area is 199 Å². The molecule has 34 heavy (non-hydrogen) atoms. The van der Waals surface area contributed by atoms with Crippen LogP contribution in [0.25, 0.3) is 27.7 Å². The van der Waals surface area contributed by atoms with Gasteiger partial charge in [-0.3, -0.25) is 0 Å². The first kappa shape index (κ1) is 22.6. The number of nitrogens with zero attached hydrogens (tertiary/aromatic N) is 3. The molecule has 0 unspecified atom stereocenters. The van der Waals surface area contributed by atoms with Gasteiger partial charge in [0.15, 0.2) is 0 Å². The molecule has 0 amide bonds. The van der Waals surface area contributed by atoms with E-state index >= 15 is 0 Å². The second kappa shape index (κ2) is 8.85. The summed E-state index contributed by atoms with van der Waals surface area (Å²) in [5.74, 6) is 1.28. The van der Waals surface area contributed by atoms with E-state index in [9.17, 15) is 8.42 Å². The number of rotatable bonds is 7. The Morgan fingerprint density at radius 1 is 1.21 bits per heavy atom. The summed E-state index contributed by atoms with van der Waals surface area (Å²) in [4.78, 5) is 8.17. The van der Waals surface area contributed by atoms with E-state index in [4.69, 9.17) is 15.8 Å². The van der Waals surface area contributed by atoms with Gasteiger partial charge in [0.25, 0.3) is 5.89 Å². The van der Waals surface area contributed by atoms with Crippen LogP contribution in [0.2, 0.25) is 0 Å². The first-order valence-corrected chi connectivity index (χ1v) is 13.1. The molecule has 176 valence electrons. The summed E-state index contributed by atoms with van der Waals surface area (Å²) in [5, 5.41) is 3.95. The summed E-state index contributed by atoms with van der Waals surface area (Å²) >= 11 is 0. The lowest BCUT2D eigenvalue weighted by Crippen LogP contribution is -2.33. The molecule has 2 aliphatic carbocycles. The van der Waals surface area contributed by atoms with E-state index in [-0.39, 0.29) is 17.4 Å². The number of aromatic nitrogens is 2. The van der Waals surface area contributed by atoms with Crippen LogP contribution in [0.3, 0.4) is 0 Å². The molecule has 5 rings (SSSR count). The van der Waals surface area contributed by atoms with Crippen LogP contribution in [0.1, 0.15) is 56.7 Å². The van der Waals surface area contributed by atoms with Crippen molar-refractivity contribution in [3.63, 3.8) is 0 Å². The number of ether oxygens (including phenoxy) is 1. The van der Waals surface area contributed by atoms with Gasteiger partial charge in [0.1, 0.15) is 5.75 Å². The molecule has 0 spiro atoms. The molecule has 0 bridgehead atoms. The van der Waals surface area contributed by atoms with E-state index in [1.54, 1.807) is 18.2 Å². The van der Waals surface area contributed by atoms with Crippen LogP contribution in [0.15, 0.2) is 40.9 Å². The molecule has 3 aromatic rings. The van der Waals surface area contributed by atoms with Crippen molar-refractivity contribution in [2.24, 2.45) is 0 Å². The van der Waals surface area contributed by atoms with E-state index in [2.05, 4.69) is 19.7 Å². The highest BCUT2D eigenvalue weighted by Gasteiger charge is 2.38. The van der Waals surface area contributed by atoms with Crippen molar-refractivity contribution in [1.82, 2.24) is 14.9 Å². The zero-order valence-electron chi connectivity index (χ0n) is 19.1. The maximum Gasteiger partial charge on any atom is 0.256 e. The summed E-state index contributed by atoms with van der Waals surface area (Å²) < 4.78 is 39.2. The molecule has 1 heterocycles. The molecule has 2 aliphatic rings. The van der Waals surface area contributed by atoms with Gasteiger partial charge in [-0.2, -0.15) is 4.98 Å². The fourth-order valence-corrected chi connectivity index (χ4v) is 5.99. The molecule has 1 saturated carbocycles. The van der Waals surface area contributed by atoms with E-state index < -0.39 is 10.0 Å². The SMILES string of the molecule is [C-]#[N+]c1cc(-c2nc(-c3cccc4c3CCC[C@@H]4NS(=O)(=O)C3CC3)no2)ccc1OC(C)C. The molecular weight excluding hydrogens is 452 g/mol. The van der Waals surface area contributed by atoms with Crippen LogP contribution in [-0.2, 0) is 16.4 Å². The number of benzene rings is 2. The highest BCUT2D eigenvalue weighted by Crippen LogP contribution is 2.38. The molecule has 8 nitrogen and oxygen atoms in total. The van der Waals surface area contributed by atoms with Gasteiger partial charge in [0, 0.05) is 17.2 Å². The largest absolute Gasteiger partial charge is 0.502 e. The second-order valence-corrected chi connectivity index (χ2v) is 11.1. The molecule has 1 atom stereocenters. The van der Waals surface area contributed by atoms with E-state index in [1.807, 2.05) is 32.0 Å². The first-order valence-electron chi connectivity index (χ1n) is 11.5. The van der Waals surface area contributed by atoms with Gasteiger partial charge in [-0.15, -0.1) is 0 Å². The second-order valence-electron chi connectivity index (χ2n) is 9.06. The van der Waals surface area contributed by atoms with E-state index in [0.29, 0.717) is 28.7 Å². The van der Waals surface area contributed by atoms with Crippen LogP contribution in [0.5, 0.6) is 5.75 Å². The van der Waals surface area contributed by atoms with Gasteiger partial charge >= 0.3 is 0 Å². The van der Waals surface area contributed by atoms with Gasteiger partial charge in [-0.1, -0.05) is 23.4 Å². The van der Waals surface area contributed by atoms with Crippen molar-refractivity contribution >= 4 is 15.7 Å². The van der Waals surface area contributed by atoms with Crippen LogP contribution < -0.4 is 9.46 Å². The molecule has 1 aromatic heterocycles. The number of hydrogen-bond acceptors (Lipinski definition) is 6. The maximum atomic E-state index is 12.5. The predicted molar refractivity (Wildman–Crippen MR) is 128 cm³/mol. The zero-order valence-corrected chi connectivity index (χ0v) is 19.9. The summed E-state index contributed by atoms with van der Waals surface area (Å²) in [6.45, 7) is 11.3. The van der Waals surface area contributed by atoms with Gasteiger partial charge in [-0.05, 0) is 75.3 Å². The van der Waals surface area contributed by atoms with Gasteiger partial charge in [-0.25, -0.2) is 18.0 Å². The Balaban J connectivity index is 1.45. The number of sulfonamides is 1. The normalized spacial score (nSPS) is 17.9. The Morgan fingerprint density at radius 2 is 2.03 bits per heavy atom. The number of nitrogens with one attached hydrogen (secondary N) is 1. The summed E-state index contributed by atoms with van der Waals surface area (Å²) in [6.07, 6.45) is 3.90. The molecule has 2 aromatic carbocycles. The quantitative estimate of drug-likeness (QED) is 0.469. The highest BCUT2D eigenvalue weighted by atomic mass is 32.2. The van der Waals surface area contributed by atoms with Crippen molar-refractivity contribution in [2.75, 3.05) is 0 Å². The van der Waals surface area contributed by atoms with Crippen LogP contribution in [0.4, 0.5) is 5.69 Å². The Kier molecular flexibility index (Phi) is 5.88. The fourth-order valence-electron chi connectivity index (χ4n) is 4.39. The standard InChI is InChI=1S/C25H26N4O4S/c1-15(2)32-23-13-10-16(14-22(23)26-3)25-27-24(28-33-25)20-8-4-7-19-18(20)6-5-9-21(19)29-34(30,31)17-11-12-17/h4,7-8,10,13-15,17,21,29H,5-6,9,11-12H2,1-2H3/t21-/m0/s1. The average Bonchev–Trinajstić information content (AvgIpc) is 3.57. The highest BCUT2D eigenvalue weighted by molar-refractivity contribution is 7.90. The van der Waals surface area contributed by atoms with E-state index in [0.717, 1.165) is 48.8 Å². The zero-order chi connectivity index (χ0) is 23.9. The third kappa shape index (κ3) is 4.43. The monoisotopic (exact) mass is 478 g/mol. The Morgan fingerprint density at radius 3 is 2.76 bits per heavy atom. The molecule has 0 radical (unpaired) electrons. The fraction of sp³-hybridized carbons (Fsp3) is 0.400. The van der Waals surface area contributed by atoms with Crippen molar-refractivity contribution < 1.29 is 17.7 Å². The predicted octanol–water partition coefficient (Wildman–Crippen LogP) is 5.20. The number of fused-ring (bicyclic) bond motifs is 1. The maximum absolute atomic E-state index is 12.5. The minimum atomic E-state index is -3.29. The lowest BCUT2D eigenvalue weighted by molar-refractivity contribution is 0.244. The van der Waals surface area contributed by atoms with Crippen molar-refractivity contribution in [3.05, 3.63) is 58.9 Å². The third-order valence-electron chi connectivity index (χ3n) is 6.13. The molecule has 0 aliphatic heterocycles. The molecule has 0 saturated heterocycles. The lowest BCUT2D eigenvalue weighted by atomic mass is 9.85. The third-order valence-corrected chi connectivity index (χ3v) is 8.10. The van der Waals surface area contributed by atoms with Gasteiger partial charge in [0.05, 0.1) is 17.9 Å². The number of hydrogen-bond donors (Lipinski definition) is 1. The van der Waals surface area contributed by atoms with Crippen LogP contribution >= 0.6 is 0 Å². The molecule has 1 N–H and O–H groups in total. The van der Waals surface area contributed by atoms with Crippen molar-refractivity contribution in [2.45, 2.75) is 63.3 Å². The smallest absolute Gasteiger partial charge is 0.256 e. The molecular formula is C25H26N4O4S. The first-order chi connectivity index (χ1) is 16.4. The lowest BCUT2D eigenvalue weighted by Gasteiger charge is -2.27. The van der Waals surface area contributed by atoms with Crippen molar-refractivity contribution in [1.29, 1.82) is 0 Å². The summed E-state index contributed by atoms with van der Waals surface area (Å²) in [5.41, 5.74) is 3.89. The van der Waals surface area contributed by atoms with Crippen LogP contribution in [-0.4, -0.2) is 29.9 Å². The minimum Gasteiger partial charge on any atom is -0.502 e. The van der Waals surface area contributed by atoms with Gasteiger partial charge < -0.3 is 9.26 Å². The van der Waals surface area contributed by atoms with Crippen LogP contribution in [0, 0.1) is 6.57 Å². The Bertz CT molecular complexity index is 1370. The van der Waals surface area contributed by atoms with Crippen molar-refractivity contribution in [3.8, 4) is 28.6 Å². The summed E-state index contributed by atoms with van der Waals surface area (Å²) in [7, 11) is -3.29. The van der Waals surface area contributed by atoms with Gasteiger partial charge in [0.2, 0.25) is 21.5 Å². The topological polar surface area (TPSA) is 98.7 Å². The average molecular weight is 479 g/mol. The summed E-state index contributed by atoms with van der Waals surface area (Å²) in [6, 6.07) is 10.8. The molecule has 9 heteroatoms.